The Hall–Kier alpha value is -6.70. The minimum atomic E-state index is -2.83. The molecule has 12 atom stereocenters. The third kappa shape index (κ3) is 6.95. The van der Waals surface area contributed by atoms with Gasteiger partial charge in [-0.05, 0) is 114 Å². The van der Waals surface area contributed by atoms with Crippen molar-refractivity contribution in [2.45, 2.75) is 74.7 Å². The Morgan fingerprint density at radius 1 is 0.603 bits per heavy atom. The van der Waals surface area contributed by atoms with Crippen molar-refractivity contribution < 1.29 is 68.4 Å². The molecule has 6 aliphatic rings. The van der Waals surface area contributed by atoms with Gasteiger partial charge in [-0.15, -0.1) is 0 Å². The van der Waals surface area contributed by atoms with Gasteiger partial charge in [0.1, 0.15) is 11.5 Å². The second-order valence-electron chi connectivity index (χ2n) is 19.4. The number of rotatable bonds is 7. The molecule has 354 valence electrons. The molecular formula is C50H50N4O14. The highest BCUT2D eigenvalue weighted by Gasteiger charge is 2.71. The molecule has 0 spiro atoms. The molecule has 0 bridgehead atoms. The van der Waals surface area contributed by atoms with E-state index in [0.717, 1.165) is 0 Å². The first-order valence-corrected chi connectivity index (χ1v) is 22.4. The van der Waals surface area contributed by atoms with Crippen LogP contribution < -0.4 is 11.5 Å². The number of amides is 2. The number of primary amides is 2. The predicted molar refractivity (Wildman–Crippen MR) is 235 cm³/mol. The fourth-order valence-electron chi connectivity index (χ4n) is 12.2. The Balaban J connectivity index is 0.960. The molecule has 0 saturated heterocycles. The number of carbonyl (C=O) groups excluding carboxylic acids is 10. The molecule has 0 heterocycles. The van der Waals surface area contributed by atoms with Gasteiger partial charge in [-0.2, -0.15) is 0 Å². The van der Waals surface area contributed by atoms with Crippen molar-refractivity contribution >= 4 is 58.1 Å². The molecule has 8 N–H and O–H groups in total. The van der Waals surface area contributed by atoms with Crippen LogP contribution in [-0.4, -0.2) is 140 Å². The molecule has 8 rings (SSSR count). The van der Waals surface area contributed by atoms with Crippen molar-refractivity contribution in [3.8, 4) is 35.2 Å². The number of unbranched alkanes of at least 4 members (excludes halogenated alkanes) is 3. The number of benzene rings is 2. The number of phenolic OH excluding ortho intramolecular Hbond substituents is 2. The zero-order chi connectivity index (χ0) is 49.6. The lowest BCUT2D eigenvalue weighted by Gasteiger charge is -2.52. The molecule has 2 amide bonds. The number of hydrogen-bond acceptors (Lipinski definition) is 16. The number of aromatic hydroxyl groups is 2. The van der Waals surface area contributed by atoms with Gasteiger partial charge >= 0.3 is 0 Å². The number of nitrogens with zero attached hydrogens (tertiary/aromatic N) is 2. The Morgan fingerprint density at radius 2 is 0.956 bits per heavy atom. The highest BCUT2D eigenvalue weighted by Crippen LogP contribution is 2.53. The van der Waals surface area contributed by atoms with Crippen molar-refractivity contribution in [2.24, 2.45) is 58.8 Å². The lowest BCUT2D eigenvalue weighted by molar-refractivity contribution is -0.183. The Kier molecular flexibility index (Phi) is 12.0. The van der Waals surface area contributed by atoms with Crippen LogP contribution in [0.15, 0.2) is 24.3 Å². The lowest BCUT2D eigenvalue weighted by atomic mass is 9.52. The van der Waals surface area contributed by atoms with Gasteiger partial charge in [0.25, 0.3) is 0 Å². The van der Waals surface area contributed by atoms with Crippen LogP contribution in [0, 0.1) is 71.0 Å². The summed E-state index contributed by atoms with van der Waals surface area (Å²) in [5.41, 5.74) is 6.46. The third-order valence-corrected chi connectivity index (χ3v) is 15.2. The van der Waals surface area contributed by atoms with E-state index in [9.17, 15) is 68.4 Å². The zero-order valence-electron chi connectivity index (χ0n) is 37.7. The van der Waals surface area contributed by atoms with Crippen LogP contribution in [0.25, 0.3) is 0 Å². The highest BCUT2D eigenvalue weighted by molar-refractivity contribution is 6.33. The molecular weight excluding hydrogens is 881 g/mol. The maximum absolute atomic E-state index is 14.1. The standard InChI is InChI=1S/C50H50N4O14/c1-53(2)37-27-19-23-17-25-21(13-15-29(55)33(25)39(57)31(23)43(61)49(27,67)45(63)35(41(37)59)47(51)65)11-9-7-5-6-8-10-12-22-14-16-30(56)34-26(22)18-24-20-28-38(54(3)4)42(60)36(48(52)66)46(64)50(28,68)44(62)32(24)40(34)58/h13-16,23-24,27-28,31-32,35-38,55-56,67-68H,5-8,17-20H2,1-4H3,(H2,51,65)(H2,52,66)/t23-,24-,27-,28-,31?,32?,35?,36?,37-,38-,49-,50-/m0/s1. The number of Topliss-reactive ketones (excluding diaryl/α,β-unsaturated/α-hetero) is 8. The summed E-state index contributed by atoms with van der Waals surface area (Å²) in [7, 11) is 6.04. The molecule has 18 heteroatoms. The number of aliphatic hydroxyl groups is 2. The second kappa shape index (κ2) is 17.1. The van der Waals surface area contributed by atoms with Gasteiger partial charge in [-0.1, -0.05) is 23.7 Å². The molecule has 4 fully saturated rings. The Morgan fingerprint density at radius 3 is 1.28 bits per heavy atom. The van der Waals surface area contributed by atoms with Gasteiger partial charge in [0, 0.05) is 35.8 Å². The fourth-order valence-corrected chi connectivity index (χ4v) is 12.2. The molecule has 18 nitrogen and oxygen atoms in total. The Labute approximate surface area is 389 Å². The summed E-state index contributed by atoms with van der Waals surface area (Å²) >= 11 is 0. The molecule has 0 aliphatic heterocycles. The summed E-state index contributed by atoms with van der Waals surface area (Å²) in [5, 5.41) is 45.3. The second-order valence-corrected chi connectivity index (χ2v) is 19.4. The van der Waals surface area contributed by atoms with Crippen LogP contribution in [0.3, 0.4) is 0 Å². The first-order chi connectivity index (χ1) is 32.0. The molecule has 4 saturated carbocycles. The van der Waals surface area contributed by atoms with Gasteiger partial charge in [0.2, 0.25) is 11.8 Å². The van der Waals surface area contributed by atoms with Crippen LogP contribution >= 0.6 is 0 Å². The average molecular weight is 931 g/mol. The van der Waals surface area contributed by atoms with E-state index >= 15 is 0 Å². The first-order valence-electron chi connectivity index (χ1n) is 22.4. The van der Waals surface area contributed by atoms with E-state index in [1.165, 1.54) is 50.1 Å². The van der Waals surface area contributed by atoms with Gasteiger partial charge in [0.15, 0.2) is 69.3 Å². The summed E-state index contributed by atoms with van der Waals surface area (Å²) < 4.78 is 0. The molecule has 0 radical (unpaired) electrons. The summed E-state index contributed by atoms with van der Waals surface area (Å²) in [6, 6.07) is 3.21. The number of hydrogen-bond donors (Lipinski definition) is 6. The largest absolute Gasteiger partial charge is 0.507 e. The van der Waals surface area contributed by atoms with Crippen molar-refractivity contribution in [1.29, 1.82) is 0 Å². The van der Waals surface area contributed by atoms with E-state index in [1.807, 2.05) is 0 Å². The van der Waals surface area contributed by atoms with E-state index in [-0.39, 0.29) is 36.8 Å². The SMILES string of the molecule is CN(C)[C@@H]1C(=O)C(C(N)=O)C(=O)[C@@]2(O)C(=O)C3C(=O)c4c(O)ccc(C#CCCCCC#Cc5ccc(O)c6c5C[C@H]5C[C@H]7[C@H](N(C)C)C(=O)C(C(N)=O)C(=O)[C@@]7(O)C(=O)C5C6=O)c4C[C@H]3C[C@@H]12. The topological polar surface area (TPSA) is 310 Å². The van der Waals surface area contributed by atoms with Crippen LogP contribution in [0.4, 0.5) is 0 Å². The number of nitrogens with two attached hydrogens (primary N) is 2. The van der Waals surface area contributed by atoms with Gasteiger partial charge < -0.3 is 31.9 Å². The minimum Gasteiger partial charge on any atom is -0.507 e. The normalized spacial score (nSPS) is 32.7. The molecule has 68 heavy (non-hydrogen) atoms. The monoisotopic (exact) mass is 930 g/mol. The van der Waals surface area contributed by atoms with Crippen molar-refractivity contribution in [3.63, 3.8) is 0 Å². The number of likely N-dealkylation sites (N-methyl/N-ethyl adjacent to an activating group) is 2. The smallest absolute Gasteiger partial charge is 0.235 e. The maximum atomic E-state index is 14.1. The van der Waals surface area contributed by atoms with E-state index in [2.05, 4.69) is 23.7 Å². The van der Waals surface area contributed by atoms with Crippen LogP contribution in [0.2, 0.25) is 0 Å². The molecule has 2 aromatic carbocycles. The van der Waals surface area contributed by atoms with E-state index in [0.29, 0.717) is 47.9 Å². The lowest BCUT2D eigenvalue weighted by Crippen LogP contribution is -2.74. The van der Waals surface area contributed by atoms with Crippen LogP contribution in [0.1, 0.15) is 81.5 Å². The van der Waals surface area contributed by atoms with Gasteiger partial charge in [0.05, 0.1) is 35.0 Å². The zero-order valence-corrected chi connectivity index (χ0v) is 37.7. The summed E-state index contributed by atoms with van der Waals surface area (Å²) in [5.74, 6) is -10.6. The molecule has 2 aromatic rings. The van der Waals surface area contributed by atoms with Crippen molar-refractivity contribution in [2.75, 3.05) is 28.2 Å². The van der Waals surface area contributed by atoms with Gasteiger partial charge in [-0.25, -0.2) is 0 Å². The summed E-state index contributed by atoms with van der Waals surface area (Å²) in [6.07, 6.45) is 1.92. The third-order valence-electron chi connectivity index (χ3n) is 15.2. The maximum Gasteiger partial charge on any atom is 0.235 e. The number of ketones is 8. The van der Waals surface area contributed by atoms with Gasteiger partial charge in [-0.3, -0.25) is 57.7 Å². The molecule has 0 aromatic heterocycles. The first kappa shape index (κ1) is 47.8. The highest BCUT2D eigenvalue weighted by atomic mass is 16.3. The number of carbonyl (C=O) groups is 10. The minimum absolute atomic E-state index is 0.0697. The number of fused-ring (bicyclic) bond motifs is 6. The Bertz CT molecular complexity index is 2640. The van der Waals surface area contributed by atoms with E-state index in [1.54, 1.807) is 12.1 Å². The summed E-state index contributed by atoms with van der Waals surface area (Å²) in [4.78, 5) is 137. The van der Waals surface area contributed by atoms with Crippen LogP contribution in [0.5, 0.6) is 11.5 Å². The summed E-state index contributed by atoms with van der Waals surface area (Å²) in [6.45, 7) is 0. The molecule has 4 unspecified atom stereocenters. The van der Waals surface area contributed by atoms with Crippen molar-refractivity contribution in [3.05, 3.63) is 57.6 Å². The molecule has 6 aliphatic carbocycles. The van der Waals surface area contributed by atoms with E-state index in [4.69, 9.17) is 11.5 Å². The van der Waals surface area contributed by atoms with Crippen LogP contribution in [-0.2, 0) is 51.2 Å². The van der Waals surface area contributed by atoms with Crippen molar-refractivity contribution in [1.82, 2.24) is 9.80 Å². The predicted octanol–water partition coefficient (Wildman–Crippen LogP) is -0.989. The fraction of sp³-hybridized carbons (Fsp3) is 0.480. The van der Waals surface area contributed by atoms with E-state index < -0.39 is 140 Å². The average Bonchev–Trinajstić information content (AvgIpc) is 3.25. The number of phenols is 2. The quantitative estimate of drug-likeness (QED) is 0.110.